The fraction of sp³-hybridized carbons (Fsp3) is 0.133. The average molecular weight is 270 g/mol. The van der Waals surface area contributed by atoms with Crippen LogP contribution in [0.1, 0.15) is 26.3 Å². The number of hydrogen-bond donors (Lipinski definition) is 1. The molecule has 0 aliphatic carbocycles. The second kappa shape index (κ2) is 5.97. The van der Waals surface area contributed by atoms with Crippen LogP contribution in [0.4, 0.5) is 5.69 Å². The topological polar surface area (TPSA) is 68.3 Å². The lowest BCUT2D eigenvalue weighted by Gasteiger charge is -2.10. The van der Waals surface area contributed by atoms with Crippen LogP contribution in [0.3, 0.4) is 0 Å². The molecule has 5 heteroatoms. The van der Waals surface area contributed by atoms with Gasteiger partial charge in [-0.05, 0) is 31.2 Å². The molecule has 0 atom stereocenters. The van der Waals surface area contributed by atoms with E-state index in [4.69, 9.17) is 4.74 Å². The van der Waals surface area contributed by atoms with Gasteiger partial charge in [-0.3, -0.25) is 9.78 Å². The first-order chi connectivity index (χ1) is 9.61. The minimum atomic E-state index is -0.487. The van der Waals surface area contributed by atoms with Crippen LogP contribution in [0.15, 0.2) is 42.7 Å². The van der Waals surface area contributed by atoms with Gasteiger partial charge in [0, 0.05) is 18.0 Å². The molecule has 0 aliphatic heterocycles. The first kappa shape index (κ1) is 13.7. The molecule has 1 N–H and O–H groups in total. The number of anilines is 1. The van der Waals surface area contributed by atoms with Crippen molar-refractivity contribution in [1.82, 2.24) is 4.98 Å². The van der Waals surface area contributed by atoms with Gasteiger partial charge in [0.2, 0.25) is 0 Å². The first-order valence-electron chi connectivity index (χ1n) is 6.02. The quantitative estimate of drug-likeness (QED) is 0.870. The highest BCUT2D eigenvalue weighted by Crippen LogP contribution is 2.19. The van der Waals surface area contributed by atoms with Crippen molar-refractivity contribution >= 4 is 17.6 Å². The fourth-order valence-electron chi connectivity index (χ4n) is 1.74. The molecule has 1 amide bonds. The van der Waals surface area contributed by atoms with Crippen molar-refractivity contribution in [3.05, 3.63) is 59.4 Å². The number of amides is 1. The number of rotatable bonds is 3. The van der Waals surface area contributed by atoms with Gasteiger partial charge in [0.1, 0.15) is 0 Å². The smallest absolute Gasteiger partial charge is 0.339 e. The number of methoxy groups -OCH3 is 1. The highest BCUT2D eigenvalue weighted by molar-refractivity contribution is 6.07. The van der Waals surface area contributed by atoms with E-state index in [-0.39, 0.29) is 5.91 Å². The first-order valence-corrected chi connectivity index (χ1v) is 6.02. The van der Waals surface area contributed by atoms with E-state index in [1.165, 1.54) is 19.5 Å². The summed E-state index contributed by atoms with van der Waals surface area (Å²) in [6.07, 6.45) is 3.07. The second-order valence-corrected chi connectivity index (χ2v) is 4.23. The molecule has 5 nitrogen and oxygen atoms in total. The van der Waals surface area contributed by atoms with E-state index in [1.54, 1.807) is 24.3 Å². The molecule has 2 aromatic rings. The summed E-state index contributed by atoms with van der Waals surface area (Å²) >= 11 is 0. The monoisotopic (exact) mass is 270 g/mol. The third-order valence-electron chi connectivity index (χ3n) is 2.77. The van der Waals surface area contributed by atoms with Crippen molar-refractivity contribution < 1.29 is 14.3 Å². The number of aromatic nitrogens is 1. The molecule has 102 valence electrons. The molecule has 0 saturated carbocycles. The number of pyridine rings is 1. The van der Waals surface area contributed by atoms with Gasteiger partial charge in [0.15, 0.2) is 0 Å². The van der Waals surface area contributed by atoms with Crippen molar-refractivity contribution in [2.24, 2.45) is 0 Å². The fourth-order valence-corrected chi connectivity index (χ4v) is 1.74. The van der Waals surface area contributed by atoms with E-state index >= 15 is 0 Å². The number of benzene rings is 1. The lowest BCUT2D eigenvalue weighted by Crippen LogP contribution is -2.15. The highest BCUT2D eigenvalue weighted by atomic mass is 16.5. The summed E-state index contributed by atoms with van der Waals surface area (Å²) in [7, 11) is 1.30. The van der Waals surface area contributed by atoms with Gasteiger partial charge < -0.3 is 10.1 Å². The Morgan fingerprint density at radius 1 is 1.15 bits per heavy atom. The van der Waals surface area contributed by atoms with Crippen LogP contribution in [0.5, 0.6) is 0 Å². The van der Waals surface area contributed by atoms with Crippen LogP contribution in [0, 0.1) is 6.92 Å². The Kier molecular flexibility index (Phi) is 4.10. The number of carbonyl (C=O) groups excluding carboxylic acids is 2. The largest absolute Gasteiger partial charge is 0.465 e. The van der Waals surface area contributed by atoms with E-state index in [1.807, 2.05) is 13.0 Å². The number of nitrogens with zero attached hydrogens (tertiary/aromatic N) is 1. The number of esters is 1. The number of carbonyl (C=O) groups is 2. The predicted molar refractivity (Wildman–Crippen MR) is 74.7 cm³/mol. The predicted octanol–water partition coefficient (Wildman–Crippen LogP) is 2.43. The number of nitrogens with one attached hydrogen (secondary N) is 1. The molecule has 2 rings (SSSR count). The summed E-state index contributed by atoms with van der Waals surface area (Å²) in [5.41, 5.74) is 2.13. The Morgan fingerprint density at radius 2 is 1.85 bits per heavy atom. The van der Waals surface area contributed by atoms with Crippen molar-refractivity contribution in [2.75, 3.05) is 12.4 Å². The number of hydrogen-bond acceptors (Lipinski definition) is 4. The zero-order chi connectivity index (χ0) is 14.5. The van der Waals surface area contributed by atoms with Gasteiger partial charge in [-0.15, -0.1) is 0 Å². The number of aryl methyl sites for hydroxylation is 1. The lowest BCUT2D eigenvalue weighted by molar-refractivity contribution is 0.0602. The third kappa shape index (κ3) is 3.00. The Labute approximate surface area is 116 Å². The van der Waals surface area contributed by atoms with Crippen molar-refractivity contribution in [3.63, 3.8) is 0 Å². The molecule has 1 heterocycles. The van der Waals surface area contributed by atoms with Crippen LogP contribution in [0.2, 0.25) is 0 Å². The average Bonchev–Trinajstić information content (AvgIpc) is 2.49. The van der Waals surface area contributed by atoms with E-state index in [2.05, 4.69) is 10.3 Å². The van der Waals surface area contributed by atoms with Crippen LogP contribution in [-0.4, -0.2) is 24.0 Å². The zero-order valence-electron chi connectivity index (χ0n) is 11.2. The maximum Gasteiger partial charge on any atom is 0.339 e. The Hall–Kier alpha value is -2.69. The molecule has 0 aliphatic rings. The SMILES string of the molecule is COC(=O)c1cc(C)ccc1NC(=O)c1ccncc1. The van der Waals surface area contributed by atoms with Crippen molar-refractivity contribution in [2.45, 2.75) is 6.92 Å². The molecule has 0 bridgehead atoms. The summed E-state index contributed by atoms with van der Waals surface area (Å²) < 4.78 is 4.72. The molecule has 0 saturated heterocycles. The summed E-state index contributed by atoms with van der Waals surface area (Å²) in [4.78, 5) is 27.6. The van der Waals surface area contributed by atoms with E-state index in [0.717, 1.165) is 5.56 Å². The van der Waals surface area contributed by atoms with Crippen molar-refractivity contribution in [3.8, 4) is 0 Å². The van der Waals surface area contributed by atoms with Gasteiger partial charge >= 0.3 is 5.97 Å². The van der Waals surface area contributed by atoms with Crippen molar-refractivity contribution in [1.29, 1.82) is 0 Å². The molecule has 20 heavy (non-hydrogen) atoms. The Morgan fingerprint density at radius 3 is 2.50 bits per heavy atom. The van der Waals surface area contributed by atoms with Gasteiger partial charge in [-0.1, -0.05) is 11.6 Å². The minimum Gasteiger partial charge on any atom is -0.465 e. The van der Waals surface area contributed by atoms with Crippen LogP contribution >= 0.6 is 0 Å². The molecule has 1 aromatic carbocycles. The van der Waals surface area contributed by atoms with Crippen LogP contribution in [0.25, 0.3) is 0 Å². The molecule has 0 radical (unpaired) electrons. The summed E-state index contributed by atoms with van der Waals surface area (Å²) in [6.45, 7) is 1.86. The third-order valence-corrected chi connectivity index (χ3v) is 2.77. The van der Waals surface area contributed by atoms with Gasteiger partial charge in [0.05, 0.1) is 18.4 Å². The van der Waals surface area contributed by atoms with Gasteiger partial charge in [-0.2, -0.15) is 0 Å². The Bertz CT molecular complexity index is 639. The highest BCUT2D eigenvalue weighted by Gasteiger charge is 2.14. The summed E-state index contributed by atoms with van der Waals surface area (Å²) in [5, 5.41) is 2.70. The maximum absolute atomic E-state index is 12.1. The van der Waals surface area contributed by atoms with Crippen LogP contribution in [-0.2, 0) is 4.74 Å². The number of ether oxygens (including phenoxy) is 1. The minimum absolute atomic E-state index is 0.304. The molecule has 0 unspecified atom stereocenters. The molecule has 1 aromatic heterocycles. The normalized spacial score (nSPS) is 9.90. The van der Waals surface area contributed by atoms with E-state index in [0.29, 0.717) is 16.8 Å². The van der Waals surface area contributed by atoms with Gasteiger partial charge in [0.25, 0.3) is 5.91 Å². The standard InChI is InChI=1S/C15H14N2O3/c1-10-3-4-13(12(9-10)15(19)20-2)17-14(18)11-5-7-16-8-6-11/h3-9H,1-2H3,(H,17,18). The maximum atomic E-state index is 12.1. The van der Waals surface area contributed by atoms with E-state index < -0.39 is 5.97 Å². The van der Waals surface area contributed by atoms with E-state index in [9.17, 15) is 9.59 Å². The molecular weight excluding hydrogens is 256 g/mol. The Balaban J connectivity index is 2.30. The molecule has 0 spiro atoms. The summed E-state index contributed by atoms with van der Waals surface area (Å²) in [5.74, 6) is -0.792. The van der Waals surface area contributed by atoms with Crippen LogP contribution < -0.4 is 5.32 Å². The van der Waals surface area contributed by atoms with Gasteiger partial charge in [-0.25, -0.2) is 4.79 Å². The molecular formula is C15H14N2O3. The summed E-state index contributed by atoms with van der Waals surface area (Å²) in [6, 6.07) is 8.37. The molecule has 0 fully saturated rings. The second-order valence-electron chi connectivity index (χ2n) is 4.23. The lowest BCUT2D eigenvalue weighted by atomic mass is 10.1. The zero-order valence-corrected chi connectivity index (χ0v) is 11.2.